The molecule has 5 nitrogen and oxygen atoms in total. The molecule has 106 valence electrons. The Hall–Kier alpha value is -1.76. The van der Waals surface area contributed by atoms with Crippen LogP contribution in [0.4, 0.5) is 0 Å². The van der Waals surface area contributed by atoms with E-state index in [1.54, 1.807) is 30.3 Å². The molecule has 2 rings (SSSR count). The topological polar surface area (TPSA) is 59.0 Å². The van der Waals surface area contributed by atoms with Crippen molar-refractivity contribution in [1.29, 1.82) is 0 Å². The molecule has 0 fully saturated rings. The van der Waals surface area contributed by atoms with Gasteiger partial charge in [0.25, 0.3) is 10.0 Å². The fraction of sp³-hybridized carbons (Fsp3) is 0.308. The second kappa shape index (κ2) is 6.13. The summed E-state index contributed by atoms with van der Waals surface area (Å²) in [5.41, 5.74) is 0. The molecule has 0 aliphatic carbocycles. The van der Waals surface area contributed by atoms with E-state index in [0.29, 0.717) is 25.5 Å². The van der Waals surface area contributed by atoms with Crippen molar-refractivity contribution in [3.05, 3.63) is 36.5 Å². The summed E-state index contributed by atoms with van der Waals surface area (Å²) in [6, 6.07) is 6.35. The molecule has 1 aromatic rings. The molecule has 1 heterocycles. The molecule has 0 amide bonds. The van der Waals surface area contributed by atoms with Gasteiger partial charge in [-0.2, -0.15) is 8.42 Å². The van der Waals surface area contributed by atoms with E-state index in [1.165, 1.54) is 12.1 Å². The Kier molecular flexibility index (Phi) is 4.49. The zero-order chi connectivity index (χ0) is 14.6. The molecule has 0 spiro atoms. The summed E-state index contributed by atoms with van der Waals surface area (Å²) in [5, 5.41) is 0. The Bertz CT molecular complexity index is 624. The minimum Gasteiger partial charge on any atom is -0.564 e. The summed E-state index contributed by atoms with van der Waals surface area (Å²) >= 11 is 0. The van der Waals surface area contributed by atoms with E-state index in [9.17, 15) is 8.42 Å². The lowest BCUT2D eigenvalue weighted by Crippen LogP contribution is -2.17. The van der Waals surface area contributed by atoms with Crippen molar-refractivity contribution in [2.45, 2.75) is 24.6 Å². The molecule has 0 N–H and O–H groups in total. The summed E-state index contributed by atoms with van der Waals surface area (Å²) in [6.45, 7) is 2.01. The van der Waals surface area contributed by atoms with Gasteiger partial charge in [-0.1, -0.05) is 13.0 Å². The first kappa shape index (κ1) is 14.6. The molecule has 20 heavy (non-hydrogen) atoms. The van der Waals surface area contributed by atoms with Gasteiger partial charge in [-0.25, -0.2) is 0 Å². The number of hydrogen-bond acceptors (Lipinski definition) is 3. The van der Waals surface area contributed by atoms with Gasteiger partial charge >= 0.3 is 7.48 Å². The molecular formula is C13H17BN2O3S. The second-order valence-electron chi connectivity index (χ2n) is 4.50. The Morgan fingerprint density at radius 3 is 2.60 bits per heavy atom. The highest BCUT2D eigenvalue weighted by atomic mass is 32.2. The number of benzene rings is 1. The summed E-state index contributed by atoms with van der Waals surface area (Å²) in [6.07, 6.45) is 5.12. The SMILES string of the molecule is CCBOc1ccc(S(=O)(=O)/N=C2\CC=CN2C)cc1. The van der Waals surface area contributed by atoms with Gasteiger partial charge in [0.05, 0.1) is 10.6 Å². The first-order valence-corrected chi connectivity index (χ1v) is 7.93. The van der Waals surface area contributed by atoms with Crippen LogP contribution in [0.5, 0.6) is 5.75 Å². The van der Waals surface area contributed by atoms with E-state index >= 15 is 0 Å². The normalized spacial score (nSPS) is 16.7. The van der Waals surface area contributed by atoms with Gasteiger partial charge in [-0.3, -0.25) is 0 Å². The van der Waals surface area contributed by atoms with E-state index in [2.05, 4.69) is 4.40 Å². The highest BCUT2D eigenvalue weighted by Gasteiger charge is 2.17. The predicted octanol–water partition coefficient (Wildman–Crippen LogP) is 1.79. The third-order valence-electron chi connectivity index (χ3n) is 2.86. The average molecular weight is 292 g/mol. The number of rotatable bonds is 5. The lowest BCUT2D eigenvalue weighted by Gasteiger charge is -2.10. The van der Waals surface area contributed by atoms with Gasteiger partial charge < -0.3 is 9.55 Å². The van der Waals surface area contributed by atoms with Crippen LogP contribution in [0.15, 0.2) is 45.8 Å². The molecule has 1 aliphatic rings. The molecule has 0 radical (unpaired) electrons. The predicted molar refractivity (Wildman–Crippen MR) is 80.8 cm³/mol. The minimum absolute atomic E-state index is 0.175. The highest BCUT2D eigenvalue weighted by Crippen LogP contribution is 2.19. The maximum absolute atomic E-state index is 12.2. The maximum atomic E-state index is 12.2. The number of sulfonamides is 1. The number of nitrogens with zero attached hydrogens (tertiary/aromatic N) is 2. The summed E-state index contributed by atoms with van der Waals surface area (Å²) in [4.78, 5) is 1.88. The standard InChI is InChI=1S/C13H17BN2O3S/c1-3-14-19-11-6-8-12(9-7-11)20(17,18)15-13-5-4-10-16(13)2/h4,6-10,14H,3,5H2,1-2H3/b15-13+. The van der Waals surface area contributed by atoms with Crippen LogP contribution in [0, 0.1) is 0 Å². The van der Waals surface area contributed by atoms with Crippen molar-refractivity contribution < 1.29 is 13.1 Å². The molecule has 0 saturated heterocycles. The van der Waals surface area contributed by atoms with Crippen LogP contribution in [0.1, 0.15) is 13.3 Å². The zero-order valence-corrected chi connectivity index (χ0v) is 12.4. The van der Waals surface area contributed by atoms with Crippen molar-refractivity contribution >= 4 is 23.3 Å². The third-order valence-corrected chi connectivity index (χ3v) is 4.18. The summed E-state index contributed by atoms with van der Waals surface area (Å²) < 4.78 is 33.6. The molecule has 1 aromatic carbocycles. The van der Waals surface area contributed by atoms with Gasteiger partial charge in [-0.15, -0.1) is 4.40 Å². The largest absolute Gasteiger partial charge is 0.564 e. The Balaban J connectivity index is 2.18. The fourth-order valence-corrected chi connectivity index (χ4v) is 2.83. The second-order valence-corrected chi connectivity index (χ2v) is 6.11. The zero-order valence-electron chi connectivity index (χ0n) is 11.6. The molecule has 1 aliphatic heterocycles. The Morgan fingerprint density at radius 2 is 2.05 bits per heavy atom. The number of amidine groups is 1. The van der Waals surface area contributed by atoms with E-state index < -0.39 is 10.0 Å². The van der Waals surface area contributed by atoms with Gasteiger partial charge in [-0.05, 0) is 30.6 Å². The minimum atomic E-state index is -3.66. The summed E-state index contributed by atoms with van der Waals surface area (Å²) in [5.74, 6) is 1.19. The number of hydrogen-bond donors (Lipinski definition) is 0. The van der Waals surface area contributed by atoms with Crippen molar-refractivity contribution in [2.75, 3.05) is 7.05 Å². The molecule has 7 heteroatoms. The van der Waals surface area contributed by atoms with Gasteiger partial charge in [0, 0.05) is 19.7 Å². The van der Waals surface area contributed by atoms with E-state index in [4.69, 9.17) is 4.65 Å². The monoisotopic (exact) mass is 292 g/mol. The third kappa shape index (κ3) is 3.42. The van der Waals surface area contributed by atoms with Crippen molar-refractivity contribution in [2.24, 2.45) is 4.40 Å². The van der Waals surface area contributed by atoms with Crippen LogP contribution in [-0.4, -0.2) is 33.7 Å². The molecule has 0 bridgehead atoms. The Labute approximate surface area is 120 Å². The summed E-state index contributed by atoms with van der Waals surface area (Å²) in [7, 11) is -1.27. The van der Waals surface area contributed by atoms with Crippen molar-refractivity contribution in [3.8, 4) is 5.75 Å². The van der Waals surface area contributed by atoms with E-state index in [1.807, 2.05) is 13.0 Å². The molecule has 0 aromatic heterocycles. The molecule has 0 unspecified atom stereocenters. The van der Waals surface area contributed by atoms with E-state index in [0.717, 1.165) is 6.32 Å². The van der Waals surface area contributed by atoms with Crippen LogP contribution in [0.3, 0.4) is 0 Å². The van der Waals surface area contributed by atoms with Gasteiger partial charge in [0.2, 0.25) is 0 Å². The van der Waals surface area contributed by atoms with Gasteiger partial charge in [0.15, 0.2) is 0 Å². The van der Waals surface area contributed by atoms with Crippen molar-refractivity contribution in [3.63, 3.8) is 0 Å². The first-order valence-electron chi connectivity index (χ1n) is 6.49. The fourth-order valence-electron chi connectivity index (χ4n) is 1.77. The lowest BCUT2D eigenvalue weighted by atomic mass is 9.97. The lowest BCUT2D eigenvalue weighted by molar-refractivity contribution is 0.589. The molecular weight excluding hydrogens is 275 g/mol. The molecule has 0 atom stereocenters. The molecule has 0 saturated carbocycles. The van der Waals surface area contributed by atoms with Crippen LogP contribution in [0.25, 0.3) is 0 Å². The van der Waals surface area contributed by atoms with Gasteiger partial charge in [0.1, 0.15) is 5.84 Å². The van der Waals surface area contributed by atoms with E-state index in [-0.39, 0.29) is 4.90 Å². The van der Waals surface area contributed by atoms with Crippen molar-refractivity contribution in [1.82, 2.24) is 4.90 Å². The quantitative estimate of drug-likeness (QED) is 0.776. The van der Waals surface area contributed by atoms with Crippen LogP contribution in [0.2, 0.25) is 6.32 Å². The van der Waals surface area contributed by atoms with Crippen LogP contribution in [-0.2, 0) is 10.0 Å². The average Bonchev–Trinajstić information content (AvgIpc) is 2.82. The van der Waals surface area contributed by atoms with Crippen LogP contribution >= 0.6 is 0 Å². The smallest absolute Gasteiger partial charge is 0.339 e. The highest BCUT2D eigenvalue weighted by molar-refractivity contribution is 7.90. The maximum Gasteiger partial charge on any atom is 0.339 e. The first-order chi connectivity index (χ1) is 9.53. The Morgan fingerprint density at radius 1 is 1.35 bits per heavy atom. The van der Waals surface area contributed by atoms with Crippen LogP contribution < -0.4 is 4.65 Å².